The van der Waals surface area contributed by atoms with E-state index in [4.69, 9.17) is 0 Å². The molecule has 2 atom stereocenters. The van der Waals surface area contributed by atoms with Gasteiger partial charge < -0.3 is 5.32 Å². The molecule has 0 saturated carbocycles. The average molecular weight is 241 g/mol. The van der Waals surface area contributed by atoms with E-state index >= 15 is 0 Å². The number of hydrogen-bond acceptors (Lipinski definition) is 1. The van der Waals surface area contributed by atoms with E-state index in [0.29, 0.717) is 12.0 Å². The average Bonchev–Trinajstić information content (AvgIpc) is 2.79. The zero-order valence-corrected chi connectivity index (χ0v) is 10.4. The first-order valence-electron chi connectivity index (χ1n) is 6.31. The van der Waals surface area contributed by atoms with Gasteiger partial charge in [-0.3, -0.25) is 0 Å². The van der Waals surface area contributed by atoms with E-state index in [1.165, 1.54) is 16.7 Å². The van der Waals surface area contributed by atoms with Crippen LogP contribution in [0.4, 0.5) is 4.39 Å². The molecule has 0 fully saturated rings. The highest BCUT2D eigenvalue weighted by molar-refractivity contribution is 5.44. The molecule has 18 heavy (non-hydrogen) atoms. The summed E-state index contributed by atoms with van der Waals surface area (Å²) in [6, 6.07) is 15.8. The van der Waals surface area contributed by atoms with Crippen molar-refractivity contribution in [2.75, 3.05) is 7.05 Å². The zero-order valence-electron chi connectivity index (χ0n) is 10.4. The van der Waals surface area contributed by atoms with Gasteiger partial charge in [-0.1, -0.05) is 36.4 Å². The Morgan fingerprint density at radius 1 is 1.00 bits per heavy atom. The molecule has 2 unspecified atom stereocenters. The Morgan fingerprint density at radius 3 is 2.33 bits per heavy atom. The van der Waals surface area contributed by atoms with Gasteiger partial charge in [0.1, 0.15) is 5.82 Å². The molecule has 0 spiro atoms. The Morgan fingerprint density at radius 2 is 1.67 bits per heavy atom. The highest BCUT2D eigenvalue weighted by atomic mass is 19.1. The van der Waals surface area contributed by atoms with Gasteiger partial charge in [-0.05, 0) is 42.3 Å². The molecule has 2 aromatic carbocycles. The van der Waals surface area contributed by atoms with Gasteiger partial charge in [-0.25, -0.2) is 4.39 Å². The highest BCUT2D eigenvalue weighted by Gasteiger charge is 2.30. The van der Waals surface area contributed by atoms with Crippen LogP contribution in [0.2, 0.25) is 0 Å². The first kappa shape index (κ1) is 11.4. The predicted molar refractivity (Wildman–Crippen MR) is 71.1 cm³/mol. The van der Waals surface area contributed by atoms with Crippen LogP contribution in [0, 0.1) is 5.82 Å². The van der Waals surface area contributed by atoms with Crippen LogP contribution >= 0.6 is 0 Å². The zero-order chi connectivity index (χ0) is 12.5. The molecule has 0 aliphatic heterocycles. The van der Waals surface area contributed by atoms with Crippen molar-refractivity contribution >= 4 is 0 Å². The molecular formula is C16H16FN. The standard InChI is InChI=1S/C16H16FN/c1-18-16-10-15(11-6-8-12(17)9-7-11)13-4-2-3-5-14(13)16/h2-9,15-16,18H,10H2,1H3. The first-order valence-corrected chi connectivity index (χ1v) is 6.31. The van der Waals surface area contributed by atoms with Gasteiger partial charge in [0.2, 0.25) is 0 Å². The lowest BCUT2D eigenvalue weighted by Gasteiger charge is -2.12. The first-order chi connectivity index (χ1) is 8.79. The number of rotatable bonds is 2. The number of fused-ring (bicyclic) bond motifs is 1. The third kappa shape index (κ3) is 1.83. The predicted octanol–water partition coefficient (Wildman–Crippen LogP) is 3.62. The van der Waals surface area contributed by atoms with Crippen LogP contribution in [0.1, 0.15) is 35.1 Å². The Kier molecular flexibility index (Phi) is 2.88. The van der Waals surface area contributed by atoms with Gasteiger partial charge in [0.05, 0.1) is 0 Å². The van der Waals surface area contributed by atoms with Crippen LogP contribution in [0.5, 0.6) is 0 Å². The number of nitrogens with one attached hydrogen (secondary N) is 1. The van der Waals surface area contributed by atoms with Gasteiger partial charge in [-0.2, -0.15) is 0 Å². The van der Waals surface area contributed by atoms with Crippen molar-refractivity contribution in [3.05, 3.63) is 71.0 Å². The summed E-state index contributed by atoms with van der Waals surface area (Å²) < 4.78 is 13.0. The van der Waals surface area contributed by atoms with Crippen molar-refractivity contribution in [1.29, 1.82) is 0 Å². The summed E-state index contributed by atoms with van der Waals surface area (Å²) in [7, 11) is 1.99. The maximum absolute atomic E-state index is 13.0. The van der Waals surface area contributed by atoms with Crippen LogP contribution in [-0.4, -0.2) is 7.05 Å². The van der Waals surface area contributed by atoms with E-state index in [1.807, 2.05) is 19.2 Å². The molecule has 2 heteroatoms. The lowest BCUT2D eigenvalue weighted by molar-refractivity contribution is 0.563. The van der Waals surface area contributed by atoms with Crippen molar-refractivity contribution < 1.29 is 4.39 Å². The molecule has 2 aromatic rings. The Labute approximate surface area is 107 Å². The fourth-order valence-electron chi connectivity index (χ4n) is 2.92. The summed E-state index contributed by atoms with van der Waals surface area (Å²) >= 11 is 0. The third-order valence-corrected chi connectivity index (χ3v) is 3.84. The topological polar surface area (TPSA) is 12.0 Å². The van der Waals surface area contributed by atoms with Gasteiger partial charge in [0.15, 0.2) is 0 Å². The molecule has 0 heterocycles. The second-order valence-corrected chi connectivity index (χ2v) is 4.81. The van der Waals surface area contributed by atoms with E-state index in [-0.39, 0.29) is 5.82 Å². The molecule has 1 aliphatic rings. The maximum atomic E-state index is 13.0. The van der Waals surface area contributed by atoms with E-state index in [0.717, 1.165) is 6.42 Å². The smallest absolute Gasteiger partial charge is 0.123 e. The molecule has 0 amide bonds. The summed E-state index contributed by atoms with van der Waals surface area (Å²) in [5.74, 6) is 0.203. The molecule has 1 aliphatic carbocycles. The fraction of sp³-hybridized carbons (Fsp3) is 0.250. The molecule has 0 aromatic heterocycles. The number of benzene rings is 2. The van der Waals surface area contributed by atoms with Crippen molar-refractivity contribution in [1.82, 2.24) is 5.32 Å². The Balaban J connectivity index is 2.02. The quantitative estimate of drug-likeness (QED) is 0.846. The van der Waals surface area contributed by atoms with E-state index in [1.54, 1.807) is 12.1 Å². The summed E-state index contributed by atoms with van der Waals surface area (Å²) in [6.45, 7) is 0. The molecular weight excluding hydrogens is 225 g/mol. The number of hydrogen-bond donors (Lipinski definition) is 1. The Bertz CT molecular complexity index is 547. The van der Waals surface area contributed by atoms with Crippen molar-refractivity contribution in [2.45, 2.75) is 18.4 Å². The highest BCUT2D eigenvalue weighted by Crippen LogP contribution is 2.43. The van der Waals surface area contributed by atoms with Crippen molar-refractivity contribution in [3.8, 4) is 0 Å². The Hall–Kier alpha value is -1.67. The van der Waals surface area contributed by atoms with Crippen molar-refractivity contribution in [3.63, 3.8) is 0 Å². The van der Waals surface area contributed by atoms with E-state index in [2.05, 4.69) is 29.6 Å². The number of halogens is 1. The monoisotopic (exact) mass is 241 g/mol. The van der Waals surface area contributed by atoms with E-state index < -0.39 is 0 Å². The summed E-state index contributed by atoms with van der Waals surface area (Å²) in [5, 5.41) is 3.36. The molecule has 0 bridgehead atoms. The van der Waals surface area contributed by atoms with Crippen LogP contribution in [0.15, 0.2) is 48.5 Å². The SMILES string of the molecule is CNC1CC(c2ccc(F)cc2)c2ccccc21. The minimum absolute atomic E-state index is 0.171. The molecule has 0 radical (unpaired) electrons. The lowest BCUT2D eigenvalue weighted by Crippen LogP contribution is -2.13. The van der Waals surface area contributed by atoms with Crippen molar-refractivity contribution in [2.24, 2.45) is 0 Å². The molecule has 0 saturated heterocycles. The van der Waals surface area contributed by atoms with Gasteiger partial charge >= 0.3 is 0 Å². The summed E-state index contributed by atoms with van der Waals surface area (Å²) in [4.78, 5) is 0. The fourth-order valence-corrected chi connectivity index (χ4v) is 2.92. The lowest BCUT2D eigenvalue weighted by atomic mass is 9.93. The van der Waals surface area contributed by atoms with Crippen LogP contribution in [0.25, 0.3) is 0 Å². The van der Waals surface area contributed by atoms with Crippen LogP contribution in [0.3, 0.4) is 0 Å². The largest absolute Gasteiger partial charge is 0.313 e. The maximum Gasteiger partial charge on any atom is 0.123 e. The van der Waals surface area contributed by atoms with Gasteiger partial charge in [0, 0.05) is 12.0 Å². The second kappa shape index (κ2) is 4.54. The molecule has 92 valence electrons. The van der Waals surface area contributed by atoms with E-state index in [9.17, 15) is 4.39 Å². The minimum atomic E-state index is -0.171. The third-order valence-electron chi connectivity index (χ3n) is 3.84. The van der Waals surface area contributed by atoms with Crippen LogP contribution in [-0.2, 0) is 0 Å². The van der Waals surface area contributed by atoms with Crippen LogP contribution < -0.4 is 5.32 Å². The molecule has 1 nitrogen and oxygen atoms in total. The van der Waals surface area contributed by atoms with Gasteiger partial charge in [0.25, 0.3) is 0 Å². The summed E-state index contributed by atoms with van der Waals surface area (Å²) in [5.41, 5.74) is 3.93. The molecule has 1 N–H and O–H groups in total. The van der Waals surface area contributed by atoms with Gasteiger partial charge in [-0.15, -0.1) is 0 Å². The minimum Gasteiger partial charge on any atom is -0.313 e. The summed E-state index contributed by atoms with van der Waals surface area (Å²) in [6.07, 6.45) is 1.04. The molecule has 3 rings (SSSR count). The normalized spacial score (nSPS) is 21.9. The second-order valence-electron chi connectivity index (χ2n) is 4.81.